The van der Waals surface area contributed by atoms with Gasteiger partial charge in [-0.25, -0.2) is 4.79 Å². The van der Waals surface area contributed by atoms with Gasteiger partial charge in [-0.05, 0) is 49.2 Å². The first-order valence-electron chi connectivity index (χ1n) is 6.48. The Bertz CT molecular complexity index is 699. The molecule has 4 nitrogen and oxygen atoms in total. The highest BCUT2D eigenvalue weighted by Gasteiger charge is 2.22. The second-order valence-electron chi connectivity index (χ2n) is 4.81. The molecule has 0 fully saturated rings. The van der Waals surface area contributed by atoms with Crippen LogP contribution < -0.4 is 4.74 Å². The van der Waals surface area contributed by atoms with E-state index in [1.807, 2.05) is 0 Å². The molecule has 21 heavy (non-hydrogen) atoms. The molecule has 0 unspecified atom stereocenters. The van der Waals surface area contributed by atoms with Crippen LogP contribution in [0, 0.1) is 13.8 Å². The summed E-state index contributed by atoms with van der Waals surface area (Å²) >= 11 is 0. The Kier molecular flexibility index (Phi) is 4.08. The fourth-order valence-electron chi connectivity index (χ4n) is 2.27. The van der Waals surface area contributed by atoms with Crippen LogP contribution in [0.5, 0.6) is 5.75 Å². The number of ketones is 1. The lowest BCUT2D eigenvalue weighted by molar-refractivity contribution is 0.0692. The molecule has 0 saturated carbocycles. The summed E-state index contributed by atoms with van der Waals surface area (Å²) in [5.41, 5.74) is 1.97. The maximum absolute atomic E-state index is 12.6. The van der Waals surface area contributed by atoms with Crippen molar-refractivity contribution in [2.75, 3.05) is 7.11 Å². The standard InChI is InChI=1S/C17H16O4/c1-10-4-5-11(2)15(17(19)20)14(10)16(18)12-6-8-13(21-3)9-7-12/h4-9H,1-3H3,(H,19,20). The number of carbonyl (C=O) groups excluding carboxylic acids is 1. The van der Waals surface area contributed by atoms with Crippen molar-refractivity contribution in [2.24, 2.45) is 0 Å². The van der Waals surface area contributed by atoms with Crippen molar-refractivity contribution in [3.8, 4) is 5.75 Å². The van der Waals surface area contributed by atoms with E-state index in [1.54, 1.807) is 57.4 Å². The van der Waals surface area contributed by atoms with Gasteiger partial charge in [-0.15, -0.1) is 0 Å². The monoisotopic (exact) mass is 284 g/mol. The molecule has 108 valence electrons. The summed E-state index contributed by atoms with van der Waals surface area (Å²) < 4.78 is 5.05. The van der Waals surface area contributed by atoms with Crippen LogP contribution in [0.2, 0.25) is 0 Å². The first-order chi connectivity index (χ1) is 9.95. The molecule has 0 radical (unpaired) electrons. The third-order valence-electron chi connectivity index (χ3n) is 3.42. The summed E-state index contributed by atoms with van der Waals surface area (Å²) in [7, 11) is 1.55. The van der Waals surface area contributed by atoms with E-state index in [0.717, 1.165) is 0 Å². The number of aryl methyl sites for hydroxylation is 2. The molecule has 2 rings (SSSR count). The summed E-state index contributed by atoms with van der Waals surface area (Å²) in [6.45, 7) is 3.43. The van der Waals surface area contributed by atoms with Gasteiger partial charge in [-0.2, -0.15) is 0 Å². The largest absolute Gasteiger partial charge is 0.497 e. The molecule has 0 aliphatic carbocycles. The zero-order valence-corrected chi connectivity index (χ0v) is 12.1. The quantitative estimate of drug-likeness (QED) is 0.875. The molecule has 0 saturated heterocycles. The van der Waals surface area contributed by atoms with Gasteiger partial charge in [0.15, 0.2) is 5.78 Å². The van der Waals surface area contributed by atoms with Gasteiger partial charge in [0, 0.05) is 11.1 Å². The van der Waals surface area contributed by atoms with E-state index in [4.69, 9.17) is 4.74 Å². The Balaban J connectivity index is 2.57. The molecule has 2 aromatic carbocycles. The minimum Gasteiger partial charge on any atom is -0.497 e. The first-order valence-corrected chi connectivity index (χ1v) is 6.48. The third-order valence-corrected chi connectivity index (χ3v) is 3.42. The Morgan fingerprint density at radius 1 is 0.905 bits per heavy atom. The number of carbonyl (C=O) groups is 2. The highest BCUT2D eigenvalue weighted by Crippen LogP contribution is 2.23. The molecule has 0 atom stereocenters. The van der Waals surface area contributed by atoms with Gasteiger partial charge in [0.25, 0.3) is 0 Å². The molecule has 4 heteroatoms. The maximum atomic E-state index is 12.6. The van der Waals surface area contributed by atoms with E-state index in [2.05, 4.69) is 0 Å². The smallest absolute Gasteiger partial charge is 0.336 e. The third kappa shape index (κ3) is 2.79. The van der Waals surface area contributed by atoms with Crippen LogP contribution in [0.1, 0.15) is 37.4 Å². The van der Waals surface area contributed by atoms with Crippen molar-refractivity contribution in [2.45, 2.75) is 13.8 Å². The number of ether oxygens (including phenoxy) is 1. The average molecular weight is 284 g/mol. The summed E-state index contributed by atoms with van der Waals surface area (Å²) in [5, 5.41) is 9.38. The number of hydrogen-bond acceptors (Lipinski definition) is 3. The van der Waals surface area contributed by atoms with Crippen LogP contribution in [-0.2, 0) is 0 Å². The molecule has 2 aromatic rings. The summed E-state index contributed by atoms with van der Waals surface area (Å²) in [5.74, 6) is -0.740. The van der Waals surface area contributed by atoms with E-state index in [0.29, 0.717) is 22.4 Å². The van der Waals surface area contributed by atoms with Crippen LogP contribution in [0.3, 0.4) is 0 Å². The van der Waals surface area contributed by atoms with Gasteiger partial charge < -0.3 is 9.84 Å². The lowest BCUT2D eigenvalue weighted by Gasteiger charge is -2.12. The molecule has 0 aromatic heterocycles. The predicted molar refractivity (Wildman–Crippen MR) is 79.3 cm³/mol. The fraction of sp³-hybridized carbons (Fsp3) is 0.176. The van der Waals surface area contributed by atoms with Crippen molar-refractivity contribution >= 4 is 11.8 Å². The highest BCUT2D eigenvalue weighted by atomic mass is 16.5. The number of benzene rings is 2. The van der Waals surface area contributed by atoms with Gasteiger partial charge in [-0.1, -0.05) is 12.1 Å². The van der Waals surface area contributed by atoms with E-state index in [-0.39, 0.29) is 16.9 Å². The SMILES string of the molecule is COc1ccc(C(=O)c2c(C)ccc(C)c2C(=O)O)cc1. The molecule has 0 spiro atoms. The molecule has 0 aliphatic rings. The Labute approximate surface area is 123 Å². The number of hydrogen-bond donors (Lipinski definition) is 1. The lowest BCUT2D eigenvalue weighted by Crippen LogP contribution is -2.13. The number of methoxy groups -OCH3 is 1. The maximum Gasteiger partial charge on any atom is 0.336 e. The Morgan fingerprint density at radius 3 is 1.90 bits per heavy atom. The van der Waals surface area contributed by atoms with Crippen molar-refractivity contribution in [3.05, 3.63) is 64.2 Å². The lowest BCUT2D eigenvalue weighted by atomic mass is 9.91. The average Bonchev–Trinajstić information content (AvgIpc) is 2.48. The van der Waals surface area contributed by atoms with Crippen LogP contribution in [0.15, 0.2) is 36.4 Å². The van der Waals surface area contributed by atoms with Gasteiger partial charge in [-0.3, -0.25) is 4.79 Å². The Hall–Kier alpha value is -2.62. The van der Waals surface area contributed by atoms with Crippen molar-refractivity contribution in [1.82, 2.24) is 0 Å². The summed E-state index contributed by atoms with van der Waals surface area (Å²) in [6.07, 6.45) is 0. The van der Waals surface area contributed by atoms with Crippen LogP contribution in [0.25, 0.3) is 0 Å². The van der Waals surface area contributed by atoms with Crippen LogP contribution >= 0.6 is 0 Å². The minimum atomic E-state index is -1.09. The van der Waals surface area contributed by atoms with E-state index >= 15 is 0 Å². The molecule has 0 aliphatic heterocycles. The zero-order chi connectivity index (χ0) is 15.6. The molecule has 0 bridgehead atoms. The van der Waals surface area contributed by atoms with Crippen molar-refractivity contribution < 1.29 is 19.4 Å². The number of aromatic carboxylic acids is 1. The van der Waals surface area contributed by atoms with Gasteiger partial charge in [0.1, 0.15) is 5.75 Å². The van der Waals surface area contributed by atoms with E-state index in [9.17, 15) is 14.7 Å². The van der Waals surface area contributed by atoms with Gasteiger partial charge >= 0.3 is 5.97 Å². The molecule has 0 heterocycles. The molecule has 1 N–H and O–H groups in total. The zero-order valence-electron chi connectivity index (χ0n) is 12.1. The van der Waals surface area contributed by atoms with Crippen molar-refractivity contribution in [1.29, 1.82) is 0 Å². The van der Waals surface area contributed by atoms with Crippen LogP contribution in [0.4, 0.5) is 0 Å². The van der Waals surface area contributed by atoms with Gasteiger partial charge in [0.05, 0.1) is 12.7 Å². The highest BCUT2D eigenvalue weighted by molar-refractivity contribution is 6.15. The minimum absolute atomic E-state index is 0.0656. The number of carboxylic acid groups (broad SMARTS) is 1. The Morgan fingerprint density at radius 2 is 1.43 bits per heavy atom. The number of rotatable bonds is 4. The fourth-order valence-corrected chi connectivity index (χ4v) is 2.27. The van der Waals surface area contributed by atoms with E-state index in [1.165, 1.54) is 0 Å². The first kappa shape index (κ1) is 14.8. The van der Waals surface area contributed by atoms with Crippen molar-refractivity contribution in [3.63, 3.8) is 0 Å². The molecular weight excluding hydrogens is 268 g/mol. The molecule has 0 amide bonds. The van der Waals surface area contributed by atoms with Gasteiger partial charge in [0.2, 0.25) is 0 Å². The summed E-state index contributed by atoms with van der Waals surface area (Å²) in [6, 6.07) is 10.1. The summed E-state index contributed by atoms with van der Waals surface area (Å²) in [4.78, 5) is 24.1. The number of carboxylic acids is 1. The second-order valence-corrected chi connectivity index (χ2v) is 4.81. The second kappa shape index (κ2) is 5.79. The van der Waals surface area contributed by atoms with E-state index < -0.39 is 5.97 Å². The topological polar surface area (TPSA) is 63.6 Å². The normalized spacial score (nSPS) is 10.2. The predicted octanol–water partition coefficient (Wildman–Crippen LogP) is 3.24. The molecular formula is C17H16O4. The van der Waals surface area contributed by atoms with Crippen LogP contribution in [-0.4, -0.2) is 24.0 Å².